The molecule has 1 unspecified atom stereocenters. The number of imide groups is 1. The second-order valence-electron chi connectivity index (χ2n) is 9.04. The van der Waals surface area contributed by atoms with Crippen LogP contribution < -0.4 is 5.32 Å². The van der Waals surface area contributed by atoms with Gasteiger partial charge in [0.2, 0.25) is 5.91 Å². The average molecular weight is 588 g/mol. The zero-order chi connectivity index (χ0) is 29.0. The predicted octanol–water partition coefficient (Wildman–Crippen LogP) is 5.03. The highest BCUT2D eigenvalue weighted by molar-refractivity contribution is 6.34. The number of oxime groups is 1. The highest BCUT2D eigenvalue weighted by Gasteiger charge is 2.37. The van der Waals surface area contributed by atoms with Crippen LogP contribution in [0.3, 0.4) is 0 Å². The van der Waals surface area contributed by atoms with Gasteiger partial charge in [0.05, 0.1) is 5.71 Å². The monoisotopic (exact) mass is 587 g/mol. The van der Waals surface area contributed by atoms with E-state index in [2.05, 4.69) is 5.16 Å². The fourth-order valence-electron chi connectivity index (χ4n) is 3.88. The molecule has 1 atom stereocenters. The number of benzene rings is 2. The molecule has 2 aromatic rings. The molecule has 1 heterocycles. The molecule has 39 heavy (non-hydrogen) atoms. The molecule has 13 heteroatoms. The van der Waals surface area contributed by atoms with Gasteiger partial charge in [-0.25, -0.2) is 0 Å². The van der Waals surface area contributed by atoms with E-state index < -0.39 is 49.2 Å². The Kier molecular flexibility index (Phi) is 9.63. The molecule has 0 saturated heterocycles. The molecule has 210 valence electrons. The van der Waals surface area contributed by atoms with Gasteiger partial charge in [-0.1, -0.05) is 34.4 Å². The van der Waals surface area contributed by atoms with Gasteiger partial charge in [-0.05, 0) is 62.2 Å². The van der Waals surface area contributed by atoms with Gasteiger partial charge in [0.1, 0.15) is 19.7 Å². The summed E-state index contributed by atoms with van der Waals surface area (Å²) in [5.74, 6) is -2.86. The number of halogens is 5. The molecule has 1 aliphatic rings. The minimum atomic E-state index is -4.64. The summed E-state index contributed by atoms with van der Waals surface area (Å²) >= 11 is 12.3. The number of amides is 3. The molecule has 2 aromatic carbocycles. The normalized spacial score (nSPS) is 16.9. The Labute approximate surface area is 233 Å². The molecule has 0 aliphatic carbocycles. The number of carbonyl (C=O) groups excluding carboxylic acids is 3. The maximum atomic E-state index is 13.3. The number of hydrogen-bond acceptors (Lipinski definition) is 6. The van der Waals surface area contributed by atoms with Gasteiger partial charge < -0.3 is 14.9 Å². The Morgan fingerprint density at radius 1 is 1.15 bits per heavy atom. The van der Waals surface area contributed by atoms with Crippen LogP contribution in [0.1, 0.15) is 47.3 Å². The fraction of sp³-hybridized carbons (Fsp3) is 0.385. The fourth-order valence-corrected chi connectivity index (χ4v) is 4.40. The standard InChI is InChI=1S/C26H26Cl2F3N3O5/c1-4-38-13-23(36)34(12-22(35)32-14-26(29,30)31)24(37)20-6-5-16(7-15(20)2)21-11-25(3,39-33-21)17-8-18(27)10-19(28)9-17/h5-10H,4,11-14H2,1-3H3,(H,32,35). The maximum Gasteiger partial charge on any atom is 0.405 e. The molecule has 0 fully saturated rings. The molecular formula is C26H26Cl2F3N3O5. The number of carbonyl (C=O) groups is 3. The van der Waals surface area contributed by atoms with Crippen molar-refractivity contribution in [1.29, 1.82) is 0 Å². The SMILES string of the molecule is CCOCC(=O)N(CC(=O)NCC(F)(F)F)C(=O)c1ccc(C2=NOC(C)(c3cc(Cl)cc(Cl)c3)C2)cc1C. The molecule has 3 amide bonds. The molecule has 0 spiro atoms. The summed E-state index contributed by atoms with van der Waals surface area (Å²) in [4.78, 5) is 44.3. The van der Waals surface area contributed by atoms with Gasteiger partial charge in [0.25, 0.3) is 11.8 Å². The van der Waals surface area contributed by atoms with Crippen molar-refractivity contribution in [2.45, 2.75) is 39.0 Å². The van der Waals surface area contributed by atoms with Crippen LogP contribution in [-0.2, 0) is 24.8 Å². The molecule has 0 bridgehead atoms. The van der Waals surface area contributed by atoms with Crippen molar-refractivity contribution < 1.29 is 37.1 Å². The van der Waals surface area contributed by atoms with Crippen LogP contribution in [0.4, 0.5) is 13.2 Å². The third kappa shape index (κ3) is 7.93. The van der Waals surface area contributed by atoms with Crippen molar-refractivity contribution in [3.05, 3.63) is 68.7 Å². The number of nitrogens with one attached hydrogen (secondary N) is 1. The van der Waals surface area contributed by atoms with Gasteiger partial charge in [0, 0.05) is 34.2 Å². The smallest absolute Gasteiger partial charge is 0.384 e. The highest BCUT2D eigenvalue weighted by atomic mass is 35.5. The summed E-state index contributed by atoms with van der Waals surface area (Å²) in [5.41, 5.74) is 1.66. The first kappa shape index (κ1) is 30.4. The van der Waals surface area contributed by atoms with Crippen molar-refractivity contribution in [3.8, 4) is 0 Å². The maximum absolute atomic E-state index is 13.3. The van der Waals surface area contributed by atoms with Gasteiger partial charge in [-0.15, -0.1) is 0 Å². The van der Waals surface area contributed by atoms with E-state index in [4.69, 9.17) is 32.8 Å². The quantitative estimate of drug-likeness (QED) is 0.444. The van der Waals surface area contributed by atoms with Crippen LogP contribution in [0.25, 0.3) is 0 Å². The van der Waals surface area contributed by atoms with Crippen LogP contribution in [0, 0.1) is 6.92 Å². The second kappa shape index (κ2) is 12.4. The number of rotatable bonds is 9. The van der Waals surface area contributed by atoms with E-state index in [1.54, 1.807) is 49.5 Å². The minimum Gasteiger partial charge on any atom is -0.384 e. The van der Waals surface area contributed by atoms with Crippen molar-refractivity contribution in [2.24, 2.45) is 5.16 Å². The van der Waals surface area contributed by atoms with Crippen LogP contribution in [0.15, 0.2) is 41.6 Å². The first-order chi connectivity index (χ1) is 18.2. The van der Waals surface area contributed by atoms with Crippen LogP contribution in [0.2, 0.25) is 10.0 Å². The Bertz CT molecular complexity index is 1280. The summed E-state index contributed by atoms with van der Waals surface area (Å²) in [6, 6.07) is 9.80. The second-order valence-corrected chi connectivity index (χ2v) is 9.91. The van der Waals surface area contributed by atoms with Crippen molar-refractivity contribution in [1.82, 2.24) is 10.2 Å². The van der Waals surface area contributed by atoms with E-state index in [1.165, 1.54) is 6.07 Å². The van der Waals surface area contributed by atoms with Crippen LogP contribution in [-0.4, -0.2) is 60.8 Å². The Morgan fingerprint density at radius 3 is 2.41 bits per heavy atom. The van der Waals surface area contributed by atoms with Crippen LogP contribution >= 0.6 is 23.2 Å². The molecular weight excluding hydrogens is 562 g/mol. The molecule has 8 nitrogen and oxygen atoms in total. The van der Waals surface area contributed by atoms with E-state index in [0.29, 0.717) is 38.2 Å². The van der Waals surface area contributed by atoms with E-state index >= 15 is 0 Å². The summed E-state index contributed by atoms with van der Waals surface area (Å²) in [6.45, 7) is 2.23. The summed E-state index contributed by atoms with van der Waals surface area (Å²) in [5, 5.41) is 6.77. The number of aryl methyl sites for hydroxylation is 1. The lowest BCUT2D eigenvalue weighted by atomic mass is 9.88. The van der Waals surface area contributed by atoms with E-state index in [9.17, 15) is 27.6 Å². The van der Waals surface area contributed by atoms with Crippen molar-refractivity contribution in [3.63, 3.8) is 0 Å². The summed E-state index contributed by atoms with van der Waals surface area (Å²) in [6.07, 6.45) is -4.28. The first-order valence-electron chi connectivity index (χ1n) is 11.8. The Morgan fingerprint density at radius 2 is 1.82 bits per heavy atom. The summed E-state index contributed by atoms with van der Waals surface area (Å²) in [7, 11) is 0. The third-order valence-corrected chi connectivity index (χ3v) is 6.33. The molecule has 0 radical (unpaired) electrons. The van der Waals surface area contributed by atoms with E-state index in [-0.39, 0.29) is 12.2 Å². The summed E-state index contributed by atoms with van der Waals surface area (Å²) < 4.78 is 42.5. The molecule has 0 aromatic heterocycles. The highest BCUT2D eigenvalue weighted by Crippen LogP contribution is 2.38. The zero-order valence-electron chi connectivity index (χ0n) is 21.3. The molecule has 1 aliphatic heterocycles. The number of nitrogens with zero attached hydrogens (tertiary/aromatic N) is 2. The van der Waals surface area contributed by atoms with Crippen LogP contribution in [0.5, 0.6) is 0 Å². The molecule has 1 N–H and O–H groups in total. The van der Waals surface area contributed by atoms with E-state index in [1.807, 2.05) is 6.92 Å². The Hall–Kier alpha value is -3.15. The van der Waals surface area contributed by atoms with Gasteiger partial charge in [-0.3, -0.25) is 19.3 Å². The lowest BCUT2D eigenvalue weighted by Crippen LogP contribution is -2.47. The lowest BCUT2D eigenvalue weighted by Gasteiger charge is -2.23. The lowest BCUT2D eigenvalue weighted by molar-refractivity contribution is -0.142. The van der Waals surface area contributed by atoms with Gasteiger partial charge >= 0.3 is 6.18 Å². The zero-order valence-corrected chi connectivity index (χ0v) is 22.8. The van der Waals surface area contributed by atoms with Crippen molar-refractivity contribution >= 4 is 46.6 Å². The van der Waals surface area contributed by atoms with Crippen molar-refractivity contribution in [2.75, 3.05) is 26.3 Å². The number of hydrogen-bond donors (Lipinski definition) is 1. The minimum absolute atomic E-state index is 0.0797. The van der Waals surface area contributed by atoms with E-state index in [0.717, 1.165) is 5.56 Å². The predicted molar refractivity (Wildman–Crippen MR) is 139 cm³/mol. The Balaban J connectivity index is 1.80. The average Bonchev–Trinajstić information content (AvgIpc) is 3.26. The number of alkyl halides is 3. The van der Waals surface area contributed by atoms with Gasteiger partial charge in [-0.2, -0.15) is 13.2 Å². The number of ether oxygens (including phenoxy) is 1. The largest absolute Gasteiger partial charge is 0.405 e. The topological polar surface area (TPSA) is 97.3 Å². The first-order valence-corrected chi connectivity index (χ1v) is 12.6. The molecule has 3 rings (SSSR count). The molecule has 0 saturated carbocycles. The van der Waals surface area contributed by atoms with Gasteiger partial charge in [0.15, 0.2) is 5.60 Å². The third-order valence-electron chi connectivity index (χ3n) is 5.89.